The number of carbonyl (C=O) groups is 1. The molecule has 8 heteroatoms. The number of nitrogens with zero attached hydrogens (tertiary/aromatic N) is 3. The van der Waals surface area contributed by atoms with Gasteiger partial charge in [-0.1, -0.05) is 12.1 Å². The summed E-state index contributed by atoms with van der Waals surface area (Å²) in [6.07, 6.45) is 6.33. The van der Waals surface area contributed by atoms with E-state index in [1.807, 2.05) is 35.7 Å². The first-order valence-corrected chi connectivity index (χ1v) is 10.5. The summed E-state index contributed by atoms with van der Waals surface area (Å²) in [6, 6.07) is 9.22. The quantitative estimate of drug-likeness (QED) is 0.752. The summed E-state index contributed by atoms with van der Waals surface area (Å²) in [4.78, 5) is 17.0. The highest BCUT2D eigenvalue weighted by atomic mass is 32.2. The van der Waals surface area contributed by atoms with Crippen molar-refractivity contribution in [1.29, 1.82) is 0 Å². The first-order chi connectivity index (χ1) is 12.8. The normalized spacial score (nSPS) is 14.2. The predicted octanol–water partition coefficient (Wildman–Crippen LogP) is 2.61. The average molecular weight is 384 g/mol. The number of nitrogens with one attached hydrogen (secondary N) is 1. The van der Waals surface area contributed by atoms with Gasteiger partial charge in [-0.15, -0.1) is 0 Å². The zero-order chi connectivity index (χ0) is 19.2. The Morgan fingerprint density at radius 1 is 1.26 bits per heavy atom. The molecular formula is C19H20N4O3S. The van der Waals surface area contributed by atoms with Gasteiger partial charge in [0.25, 0.3) is 5.91 Å². The van der Waals surface area contributed by atoms with Gasteiger partial charge in [0.05, 0.1) is 11.9 Å². The number of aryl methyl sites for hydroxylation is 2. The zero-order valence-electron chi connectivity index (χ0n) is 15.1. The summed E-state index contributed by atoms with van der Waals surface area (Å²) < 4.78 is 27.3. The van der Waals surface area contributed by atoms with Crippen molar-refractivity contribution in [2.24, 2.45) is 0 Å². The van der Waals surface area contributed by atoms with Crippen LogP contribution >= 0.6 is 0 Å². The molecule has 0 unspecified atom stereocenters. The van der Waals surface area contributed by atoms with Gasteiger partial charge < -0.3 is 9.72 Å². The molecule has 3 heterocycles. The summed E-state index contributed by atoms with van der Waals surface area (Å²) in [7, 11) is -3.35. The minimum Gasteiger partial charge on any atom is -0.321 e. The Kier molecular flexibility index (Phi) is 4.15. The number of hydrogen-bond acceptors (Lipinski definition) is 4. The number of amides is 1. The Morgan fingerprint density at radius 2 is 2.07 bits per heavy atom. The number of imidazole rings is 1. The highest BCUT2D eigenvalue weighted by Crippen LogP contribution is 2.31. The van der Waals surface area contributed by atoms with Crippen molar-refractivity contribution in [3.63, 3.8) is 0 Å². The molecule has 1 N–H and O–H groups in total. The second-order valence-corrected chi connectivity index (χ2v) is 8.69. The van der Waals surface area contributed by atoms with Crippen LogP contribution in [0.1, 0.15) is 28.0 Å². The number of carbonyl (C=O) groups excluding carboxylic acids is 1. The molecule has 0 saturated heterocycles. The van der Waals surface area contributed by atoms with Crippen LogP contribution in [0.15, 0.2) is 42.7 Å². The molecule has 4 rings (SSSR count). The third-order valence-corrected chi connectivity index (χ3v) is 5.91. The summed E-state index contributed by atoms with van der Waals surface area (Å²) in [5, 5.41) is 2.82. The van der Waals surface area contributed by atoms with E-state index < -0.39 is 10.0 Å². The van der Waals surface area contributed by atoms with E-state index in [4.69, 9.17) is 0 Å². The zero-order valence-corrected chi connectivity index (χ0v) is 16.0. The molecule has 0 radical (unpaired) electrons. The van der Waals surface area contributed by atoms with Crippen LogP contribution in [0.5, 0.6) is 0 Å². The Morgan fingerprint density at radius 3 is 2.81 bits per heavy atom. The molecule has 7 nitrogen and oxygen atoms in total. The van der Waals surface area contributed by atoms with Crippen molar-refractivity contribution < 1.29 is 13.2 Å². The van der Waals surface area contributed by atoms with Crippen molar-refractivity contribution in [2.75, 3.05) is 22.4 Å². The predicted molar refractivity (Wildman–Crippen MR) is 105 cm³/mol. The van der Waals surface area contributed by atoms with Gasteiger partial charge in [-0.2, -0.15) is 0 Å². The molecule has 27 heavy (non-hydrogen) atoms. The highest BCUT2D eigenvalue weighted by molar-refractivity contribution is 7.92. The van der Waals surface area contributed by atoms with Crippen LogP contribution in [0.2, 0.25) is 0 Å². The third kappa shape index (κ3) is 3.28. The van der Waals surface area contributed by atoms with E-state index >= 15 is 0 Å². The van der Waals surface area contributed by atoms with E-state index in [-0.39, 0.29) is 5.91 Å². The summed E-state index contributed by atoms with van der Waals surface area (Å²) in [6.45, 7) is 2.39. The van der Waals surface area contributed by atoms with Crippen LogP contribution in [0.3, 0.4) is 0 Å². The summed E-state index contributed by atoms with van der Waals surface area (Å²) >= 11 is 0. The van der Waals surface area contributed by atoms with Crippen LogP contribution in [0, 0.1) is 6.92 Å². The lowest BCUT2D eigenvalue weighted by Crippen LogP contribution is -2.34. The maximum Gasteiger partial charge on any atom is 0.275 e. The molecular weight excluding hydrogens is 364 g/mol. The van der Waals surface area contributed by atoms with Gasteiger partial charge in [-0.3, -0.25) is 9.10 Å². The maximum absolute atomic E-state index is 12.6. The number of pyridine rings is 1. The lowest BCUT2D eigenvalue weighted by Gasteiger charge is -2.29. The van der Waals surface area contributed by atoms with Crippen LogP contribution in [-0.2, 0) is 16.4 Å². The SMILES string of the molecule is Cc1cccn2cc(C(=O)Nc3ccc4c(c3)N(S(C)(=O)=O)CCC4)nc12. The van der Waals surface area contributed by atoms with E-state index in [0.29, 0.717) is 23.6 Å². The average Bonchev–Trinajstić information content (AvgIpc) is 3.06. The Hall–Kier alpha value is -2.87. The number of benzene rings is 1. The number of sulfonamides is 1. The molecule has 0 aliphatic carbocycles. The second-order valence-electron chi connectivity index (χ2n) is 6.78. The number of anilines is 2. The largest absolute Gasteiger partial charge is 0.321 e. The lowest BCUT2D eigenvalue weighted by molar-refractivity contribution is 0.102. The number of aromatic nitrogens is 2. The molecule has 0 bridgehead atoms. The smallest absolute Gasteiger partial charge is 0.275 e. The van der Waals surface area contributed by atoms with Gasteiger partial charge in [-0.25, -0.2) is 13.4 Å². The number of hydrogen-bond donors (Lipinski definition) is 1. The van der Waals surface area contributed by atoms with Crippen LogP contribution < -0.4 is 9.62 Å². The van der Waals surface area contributed by atoms with Gasteiger partial charge in [0.15, 0.2) is 0 Å². The van der Waals surface area contributed by atoms with Crippen molar-refractivity contribution in [3.8, 4) is 0 Å². The monoisotopic (exact) mass is 384 g/mol. The van der Waals surface area contributed by atoms with Crippen molar-refractivity contribution in [1.82, 2.24) is 9.38 Å². The van der Waals surface area contributed by atoms with Crippen molar-refractivity contribution in [2.45, 2.75) is 19.8 Å². The fourth-order valence-corrected chi connectivity index (χ4v) is 4.41. The van der Waals surface area contributed by atoms with Crippen LogP contribution in [0.25, 0.3) is 5.65 Å². The molecule has 1 aromatic carbocycles. The van der Waals surface area contributed by atoms with Crippen molar-refractivity contribution in [3.05, 3.63) is 59.5 Å². The van der Waals surface area contributed by atoms with Gasteiger partial charge in [-0.05, 0) is 49.1 Å². The Bertz CT molecular complexity index is 1150. The minimum absolute atomic E-state index is 0.307. The van der Waals surface area contributed by atoms with Gasteiger partial charge in [0.2, 0.25) is 10.0 Å². The molecule has 0 saturated carbocycles. The molecule has 140 valence electrons. The van der Waals surface area contributed by atoms with Crippen LogP contribution in [-0.4, -0.2) is 36.5 Å². The second kappa shape index (κ2) is 6.38. The maximum atomic E-state index is 12.6. The lowest BCUT2D eigenvalue weighted by atomic mass is 10.0. The first kappa shape index (κ1) is 17.5. The van der Waals surface area contributed by atoms with E-state index in [9.17, 15) is 13.2 Å². The minimum atomic E-state index is -3.35. The molecule has 1 aliphatic heterocycles. The van der Waals surface area contributed by atoms with E-state index in [2.05, 4.69) is 10.3 Å². The Balaban J connectivity index is 1.64. The van der Waals surface area contributed by atoms with E-state index in [1.54, 1.807) is 18.3 Å². The first-order valence-electron chi connectivity index (χ1n) is 8.69. The molecule has 1 amide bonds. The van der Waals surface area contributed by atoms with E-state index in [1.165, 1.54) is 10.6 Å². The third-order valence-electron chi connectivity index (χ3n) is 4.73. The number of fused-ring (bicyclic) bond motifs is 2. The summed E-state index contributed by atoms with van der Waals surface area (Å²) in [5.74, 6) is -0.334. The van der Waals surface area contributed by atoms with Crippen molar-refractivity contribution >= 4 is 33.0 Å². The highest BCUT2D eigenvalue weighted by Gasteiger charge is 2.24. The Labute approximate surface area is 157 Å². The fraction of sp³-hybridized carbons (Fsp3) is 0.263. The fourth-order valence-electron chi connectivity index (χ4n) is 3.42. The molecule has 1 aliphatic rings. The standard InChI is InChI=1S/C19H20N4O3S/c1-13-5-3-9-22-12-16(21-18(13)22)19(24)20-15-8-7-14-6-4-10-23(17(14)11-15)27(2,25)26/h3,5,7-9,11-12H,4,6,10H2,1-2H3,(H,20,24). The van der Waals surface area contributed by atoms with Gasteiger partial charge in [0, 0.05) is 24.6 Å². The molecule has 2 aromatic heterocycles. The topological polar surface area (TPSA) is 83.8 Å². The molecule has 0 fully saturated rings. The number of rotatable bonds is 3. The molecule has 3 aromatic rings. The molecule has 0 spiro atoms. The molecule has 0 atom stereocenters. The van der Waals surface area contributed by atoms with Gasteiger partial charge in [0.1, 0.15) is 11.3 Å². The van der Waals surface area contributed by atoms with E-state index in [0.717, 1.165) is 29.6 Å². The summed E-state index contributed by atoms with van der Waals surface area (Å²) in [5.41, 5.74) is 4.16. The van der Waals surface area contributed by atoms with Crippen LogP contribution in [0.4, 0.5) is 11.4 Å². The van der Waals surface area contributed by atoms with Gasteiger partial charge >= 0.3 is 0 Å².